The molecule has 1 amide bonds. The van der Waals surface area contributed by atoms with Crippen molar-refractivity contribution in [2.75, 3.05) is 11.1 Å². The molecule has 0 aromatic heterocycles. The summed E-state index contributed by atoms with van der Waals surface area (Å²) < 4.78 is 19.6. The summed E-state index contributed by atoms with van der Waals surface area (Å²) in [5.74, 6) is -1.30. The largest absolute Gasteiger partial charge is 0.456 e. The first-order valence-corrected chi connectivity index (χ1v) is 8.75. The van der Waals surface area contributed by atoms with Crippen molar-refractivity contribution in [1.82, 2.24) is 0 Å². The number of alkyl halides is 1. The van der Waals surface area contributed by atoms with Gasteiger partial charge < -0.3 is 15.8 Å². The van der Waals surface area contributed by atoms with Crippen molar-refractivity contribution in [3.05, 3.63) is 58.6 Å². The van der Waals surface area contributed by atoms with Crippen LogP contribution in [0.25, 0.3) is 0 Å². The summed E-state index contributed by atoms with van der Waals surface area (Å²) in [6.45, 7) is 5.28. The van der Waals surface area contributed by atoms with E-state index in [-0.39, 0.29) is 17.7 Å². The van der Waals surface area contributed by atoms with Crippen LogP contribution in [-0.2, 0) is 16.0 Å². The Labute approximate surface area is 162 Å². The molecule has 0 aliphatic heterocycles. The van der Waals surface area contributed by atoms with Crippen molar-refractivity contribution >= 4 is 34.9 Å². The standard InChI is InChI=1S/C20H22ClFN2O3/c1-20(2,3)27-19(26)13-5-4-12(17(23)11-13)10-16(22)18(25)24-15-8-6-14(21)7-9-15/h4-9,11,16H,10,23H2,1-3H3,(H,24,25). The van der Waals surface area contributed by atoms with Crippen molar-refractivity contribution in [1.29, 1.82) is 0 Å². The van der Waals surface area contributed by atoms with Crippen molar-refractivity contribution in [2.24, 2.45) is 0 Å². The number of anilines is 2. The quantitative estimate of drug-likeness (QED) is 0.583. The first-order valence-electron chi connectivity index (χ1n) is 8.37. The summed E-state index contributed by atoms with van der Waals surface area (Å²) in [6, 6.07) is 10.8. The fourth-order valence-electron chi connectivity index (χ4n) is 2.28. The predicted molar refractivity (Wildman–Crippen MR) is 105 cm³/mol. The first-order chi connectivity index (χ1) is 12.5. The maximum atomic E-state index is 14.3. The zero-order valence-corrected chi connectivity index (χ0v) is 16.1. The number of esters is 1. The Morgan fingerprint density at radius 2 is 1.81 bits per heavy atom. The van der Waals surface area contributed by atoms with E-state index in [0.717, 1.165) is 0 Å². The molecule has 0 bridgehead atoms. The lowest BCUT2D eigenvalue weighted by molar-refractivity contribution is -0.120. The summed E-state index contributed by atoms with van der Waals surface area (Å²) >= 11 is 5.77. The molecule has 5 nitrogen and oxygen atoms in total. The topological polar surface area (TPSA) is 81.4 Å². The number of benzene rings is 2. The molecule has 0 saturated carbocycles. The lowest BCUT2D eigenvalue weighted by Crippen LogP contribution is -2.26. The highest BCUT2D eigenvalue weighted by atomic mass is 35.5. The van der Waals surface area contributed by atoms with Gasteiger partial charge in [-0.25, -0.2) is 9.18 Å². The molecule has 27 heavy (non-hydrogen) atoms. The zero-order chi connectivity index (χ0) is 20.2. The van der Waals surface area contributed by atoms with Gasteiger partial charge in [0.2, 0.25) is 0 Å². The van der Waals surface area contributed by atoms with Gasteiger partial charge in [0.1, 0.15) is 5.60 Å². The third kappa shape index (κ3) is 6.25. The average molecular weight is 393 g/mol. The van der Waals surface area contributed by atoms with E-state index in [9.17, 15) is 14.0 Å². The van der Waals surface area contributed by atoms with Crippen LogP contribution in [0.15, 0.2) is 42.5 Å². The highest BCUT2D eigenvalue weighted by Gasteiger charge is 2.21. The Morgan fingerprint density at radius 3 is 2.37 bits per heavy atom. The van der Waals surface area contributed by atoms with Crippen LogP contribution < -0.4 is 11.1 Å². The average Bonchev–Trinajstić information content (AvgIpc) is 2.57. The number of carbonyl (C=O) groups excluding carboxylic acids is 2. The van der Waals surface area contributed by atoms with E-state index in [0.29, 0.717) is 16.3 Å². The van der Waals surface area contributed by atoms with Gasteiger partial charge in [0.25, 0.3) is 5.91 Å². The molecule has 0 aliphatic rings. The molecular formula is C20H22ClFN2O3. The van der Waals surface area contributed by atoms with Crippen LogP contribution in [0.3, 0.4) is 0 Å². The second-order valence-electron chi connectivity index (χ2n) is 7.08. The molecule has 2 rings (SSSR count). The van der Waals surface area contributed by atoms with Crippen molar-refractivity contribution in [2.45, 2.75) is 39.0 Å². The summed E-state index contributed by atoms with van der Waals surface area (Å²) in [6.07, 6.45) is -2.00. The number of hydrogen-bond acceptors (Lipinski definition) is 4. The van der Waals surface area contributed by atoms with Crippen LogP contribution in [0.2, 0.25) is 5.02 Å². The maximum absolute atomic E-state index is 14.3. The molecule has 0 saturated heterocycles. The molecule has 2 aromatic rings. The molecular weight excluding hydrogens is 371 g/mol. The van der Waals surface area contributed by atoms with Crippen LogP contribution in [0.5, 0.6) is 0 Å². The van der Waals surface area contributed by atoms with Gasteiger partial charge in [-0.1, -0.05) is 17.7 Å². The number of carbonyl (C=O) groups is 2. The van der Waals surface area contributed by atoms with Crippen LogP contribution in [0.1, 0.15) is 36.7 Å². The van der Waals surface area contributed by atoms with E-state index in [1.165, 1.54) is 18.2 Å². The normalized spacial score (nSPS) is 12.3. The van der Waals surface area contributed by atoms with E-state index < -0.39 is 23.6 Å². The smallest absolute Gasteiger partial charge is 0.338 e. The van der Waals surface area contributed by atoms with Gasteiger partial charge in [-0.3, -0.25) is 4.79 Å². The SMILES string of the molecule is CC(C)(C)OC(=O)c1ccc(CC(F)C(=O)Nc2ccc(Cl)cc2)c(N)c1. The summed E-state index contributed by atoms with van der Waals surface area (Å²) in [5.41, 5.74) is 6.66. The van der Waals surface area contributed by atoms with Gasteiger partial charge in [-0.2, -0.15) is 0 Å². The third-order valence-electron chi connectivity index (χ3n) is 3.58. The number of rotatable bonds is 5. The van der Waals surface area contributed by atoms with Gasteiger partial charge in [0.05, 0.1) is 5.56 Å². The summed E-state index contributed by atoms with van der Waals surface area (Å²) in [7, 11) is 0. The Kier molecular flexibility index (Phi) is 6.44. The lowest BCUT2D eigenvalue weighted by Gasteiger charge is -2.20. The molecule has 0 heterocycles. The highest BCUT2D eigenvalue weighted by molar-refractivity contribution is 6.30. The monoisotopic (exact) mass is 392 g/mol. The maximum Gasteiger partial charge on any atom is 0.338 e. The fraction of sp³-hybridized carbons (Fsp3) is 0.300. The van der Waals surface area contributed by atoms with Crippen LogP contribution in [0.4, 0.5) is 15.8 Å². The lowest BCUT2D eigenvalue weighted by atomic mass is 10.0. The van der Waals surface area contributed by atoms with Gasteiger partial charge >= 0.3 is 5.97 Å². The van der Waals surface area contributed by atoms with Gasteiger partial charge in [-0.15, -0.1) is 0 Å². The van der Waals surface area contributed by atoms with E-state index in [2.05, 4.69) is 5.32 Å². The van der Waals surface area contributed by atoms with E-state index >= 15 is 0 Å². The first kappa shape index (κ1) is 20.7. The minimum absolute atomic E-state index is 0.208. The van der Waals surface area contributed by atoms with Gasteiger partial charge in [0.15, 0.2) is 6.17 Å². The second-order valence-corrected chi connectivity index (χ2v) is 7.52. The number of hydrogen-bond donors (Lipinski definition) is 2. The van der Waals surface area contributed by atoms with E-state index in [4.69, 9.17) is 22.1 Å². The molecule has 1 atom stereocenters. The van der Waals surface area contributed by atoms with Crippen molar-refractivity contribution < 1.29 is 18.7 Å². The Balaban J connectivity index is 2.02. The van der Waals surface area contributed by atoms with Crippen LogP contribution in [0, 0.1) is 0 Å². The molecule has 0 aliphatic carbocycles. The molecule has 144 valence electrons. The predicted octanol–water partition coefficient (Wildman–Crippen LogP) is 4.40. The number of ether oxygens (including phenoxy) is 1. The molecule has 7 heteroatoms. The number of nitrogen functional groups attached to an aromatic ring is 1. The third-order valence-corrected chi connectivity index (χ3v) is 3.83. The fourth-order valence-corrected chi connectivity index (χ4v) is 2.41. The molecule has 0 spiro atoms. The van der Waals surface area contributed by atoms with Crippen LogP contribution >= 0.6 is 11.6 Å². The summed E-state index contributed by atoms with van der Waals surface area (Å²) in [4.78, 5) is 24.1. The number of halogens is 2. The van der Waals surface area contributed by atoms with Crippen molar-refractivity contribution in [3.8, 4) is 0 Å². The molecule has 3 N–H and O–H groups in total. The van der Waals surface area contributed by atoms with Crippen molar-refractivity contribution in [3.63, 3.8) is 0 Å². The summed E-state index contributed by atoms with van der Waals surface area (Å²) in [5, 5.41) is 2.99. The molecule has 2 aromatic carbocycles. The second kappa shape index (κ2) is 8.39. The molecule has 1 unspecified atom stereocenters. The Bertz CT molecular complexity index is 832. The minimum atomic E-state index is -1.80. The molecule has 0 fully saturated rings. The number of nitrogens with one attached hydrogen (secondary N) is 1. The zero-order valence-electron chi connectivity index (χ0n) is 15.4. The minimum Gasteiger partial charge on any atom is -0.456 e. The highest BCUT2D eigenvalue weighted by Crippen LogP contribution is 2.21. The van der Waals surface area contributed by atoms with Crippen LogP contribution in [-0.4, -0.2) is 23.6 Å². The van der Waals surface area contributed by atoms with E-state index in [1.54, 1.807) is 45.0 Å². The number of nitrogens with two attached hydrogens (primary N) is 1. The Morgan fingerprint density at radius 1 is 1.19 bits per heavy atom. The van der Waals surface area contributed by atoms with Gasteiger partial charge in [-0.05, 0) is 62.7 Å². The molecule has 0 radical (unpaired) electrons. The van der Waals surface area contributed by atoms with E-state index in [1.807, 2.05) is 0 Å². The van der Waals surface area contributed by atoms with Gasteiger partial charge in [0, 0.05) is 22.8 Å². The number of amides is 1. The Hall–Kier alpha value is -2.60.